The highest BCUT2D eigenvalue weighted by atomic mass is 16.5. The minimum Gasteiger partial charge on any atom is -0.482 e. The average molecular weight is 349 g/mol. The molecule has 7 nitrogen and oxygen atoms in total. The first-order valence-electron chi connectivity index (χ1n) is 7.69. The number of nitrogens with two attached hydrogens (primary N) is 1. The number of pyridine rings is 1. The van der Waals surface area contributed by atoms with E-state index in [-0.39, 0.29) is 5.82 Å². The van der Waals surface area contributed by atoms with Gasteiger partial charge in [0.1, 0.15) is 23.2 Å². The highest BCUT2D eigenvalue weighted by Gasteiger charge is 2.19. The highest BCUT2D eigenvalue weighted by Crippen LogP contribution is 2.36. The predicted octanol–water partition coefficient (Wildman–Crippen LogP) is 3.23. The Morgan fingerprint density at radius 1 is 1.31 bits per heavy atom. The zero-order valence-electron chi connectivity index (χ0n) is 13.9. The summed E-state index contributed by atoms with van der Waals surface area (Å²) >= 11 is 0. The van der Waals surface area contributed by atoms with E-state index in [1.165, 1.54) is 6.26 Å². The van der Waals surface area contributed by atoms with Crippen LogP contribution in [0.3, 0.4) is 0 Å². The third kappa shape index (κ3) is 3.21. The van der Waals surface area contributed by atoms with Gasteiger partial charge < -0.3 is 20.0 Å². The Balaban J connectivity index is 2.06. The number of carboxylic acid groups (broad SMARTS) is 1. The lowest BCUT2D eigenvalue weighted by molar-refractivity contribution is -0.139. The van der Waals surface area contributed by atoms with Crippen LogP contribution >= 0.6 is 0 Å². The molecule has 0 saturated heterocycles. The Bertz CT molecular complexity index is 987. The SMILES string of the molecule is Cc1c(-c2ccc(OCC(=O)O)cc2)nc(N)c(C#N)c1-c1ccoc1. The van der Waals surface area contributed by atoms with Crippen LogP contribution in [-0.2, 0) is 4.79 Å². The number of furan rings is 1. The molecular weight excluding hydrogens is 334 g/mol. The minimum atomic E-state index is -1.05. The van der Waals surface area contributed by atoms with Gasteiger partial charge in [0, 0.05) is 16.7 Å². The maximum absolute atomic E-state index is 10.6. The largest absolute Gasteiger partial charge is 0.482 e. The van der Waals surface area contributed by atoms with Crippen LogP contribution < -0.4 is 10.5 Å². The lowest BCUT2D eigenvalue weighted by atomic mass is 9.94. The van der Waals surface area contributed by atoms with Crippen molar-refractivity contribution in [1.29, 1.82) is 5.26 Å². The summed E-state index contributed by atoms with van der Waals surface area (Å²) in [6.07, 6.45) is 3.08. The molecule has 0 atom stereocenters. The molecule has 1 aromatic carbocycles. The number of nitrogens with zero attached hydrogens (tertiary/aromatic N) is 2. The smallest absolute Gasteiger partial charge is 0.341 e. The number of rotatable bonds is 5. The lowest BCUT2D eigenvalue weighted by Gasteiger charge is -2.14. The summed E-state index contributed by atoms with van der Waals surface area (Å²) in [5, 5.41) is 18.1. The minimum absolute atomic E-state index is 0.135. The maximum atomic E-state index is 10.6. The van der Waals surface area contributed by atoms with Crippen LogP contribution in [0.25, 0.3) is 22.4 Å². The maximum Gasteiger partial charge on any atom is 0.341 e. The fourth-order valence-corrected chi connectivity index (χ4v) is 2.71. The molecule has 0 spiro atoms. The molecule has 0 unspecified atom stereocenters. The molecule has 0 aliphatic rings. The number of anilines is 1. The second kappa shape index (κ2) is 6.99. The number of nitrogen functional groups attached to an aromatic ring is 1. The number of nitriles is 1. The normalized spacial score (nSPS) is 10.3. The Hall–Kier alpha value is -3.79. The first-order valence-corrected chi connectivity index (χ1v) is 7.69. The molecule has 7 heteroatoms. The topological polar surface area (TPSA) is 122 Å². The molecule has 26 heavy (non-hydrogen) atoms. The standard InChI is InChI=1S/C19H15N3O4/c1-11-17(13-6-7-25-9-13)15(8-20)19(21)22-18(11)12-2-4-14(5-3-12)26-10-16(23)24/h2-7,9H,10H2,1H3,(H2,21,22)(H,23,24). The number of carboxylic acids is 1. The fraction of sp³-hybridized carbons (Fsp3) is 0.105. The van der Waals surface area contributed by atoms with Crippen LogP contribution in [-0.4, -0.2) is 22.7 Å². The van der Waals surface area contributed by atoms with Crippen LogP contribution in [0, 0.1) is 18.3 Å². The zero-order valence-corrected chi connectivity index (χ0v) is 13.9. The molecule has 0 radical (unpaired) electrons. The van der Waals surface area contributed by atoms with Crippen LogP contribution in [0.15, 0.2) is 47.3 Å². The Morgan fingerprint density at radius 3 is 2.62 bits per heavy atom. The van der Waals surface area contributed by atoms with E-state index in [1.807, 2.05) is 6.92 Å². The average Bonchev–Trinajstić information content (AvgIpc) is 3.16. The third-order valence-electron chi connectivity index (χ3n) is 3.88. The Labute approximate surface area is 149 Å². The number of aliphatic carboxylic acids is 1. The van der Waals surface area contributed by atoms with Gasteiger partial charge in [0.25, 0.3) is 0 Å². The number of ether oxygens (including phenoxy) is 1. The summed E-state index contributed by atoms with van der Waals surface area (Å²) in [6.45, 7) is 1.45. The molecule has 0 aliphatic heterocycles. The van der Waals surface area contributed by atoms with E-state index >= 15 is 0 Å². The van der Waals surface area contributed by atoms with Crippen LogP contribution in [0.1, 0.15) is 11.1 Å². The number of benzene rings is 1. The first-order chi connectivity index (χ1) is 12.5. The van der Waals surface area contributed by atoms with Gasteiger partial charge in [0.15, 0.2) is 6.61 Å². The molecule has 130 valence electrons. The number of hydrogen-bond acceptors (Lipinski definition) is 6. The molecule has 0 saturated carbocycles. The van der Waals surface area contributed by atoms with Crippen molar-refractivity contribution < 1.29 is 19.1 Å². The van der Waals surface area contributed by atoms with Gasteiger partial charge in [0.2, 0.25) is 0 Å². The fourth-order valence-electron chi connectivity index (χ4n) is 2.71. The summed E-state index contributed by atoms with van der Waals surface area (Å²) in [5.41, 5.74) is 9.91. The van der Waals surface area contributed by atoms with Crippen molar-refractivity contribution in [3.05, 3.63) is 54.0 Å². The van der Waals surface area contributed by atoms with Crippen LogP contribution in [0.4, 0.5) is 5.82 Å². The number of hydrogen-bond donors (Lipinski definition) is 2. The van der Waals surface area contributed by atoms with Gasteiger partial charge in [-0.3, -0.25) is 0 Å². The Morgan fingerprint density at radius 2 is 2.04 bits per heavy atom. The van der Waals surface area contributed by atoms with Crippen molar-refractivity contribution in [3.8, 4) is 34.2 Å². The number of aromatic nitrogens is 1. The molecule has 3 aromatic rings. The lowest BCUT2D eigenvalue weighted by Crippen LogP contribution is -2.09. The summed E-state index contributed by atoms with van der Waals surface area (Å²) < 4.78 is 10.3. The molecule has 3 N–H and O–H groups in total. The van der Waals surface area contributed by atoms with Gasteiger partial charge in [-0.15, -0.1) is 0 Å². The van der Waals surface area contributed by atoms with Crippen LogP contribution in [0.5, 0.6) is 5.75 Å². The van der Waals surface area contributed by atoms with Crippen molar-refractivity contribution in [2.45, 2.75) is 6.92 Å². The third-order valence-corrected chi connectivity index (χ3v) is 3.88. The first kappa shape index (κ1) is 17.0. The molecule has 0 aliphatic carbocycles. The van der Waals surface area contributed by atoms with Crippen molar-refractivity contribution >= 4 is 11.8 Å². The van der Waals surface area contributed by atoms with Crippen molar-refractivity contribution in [3.63, 3.8) is 0 Å². The quantitative estimate of drug-likeness (QED) is 0.725. The molecule has 3 rings (SSSR count). The summed E-state index contributed by atoms with van der Waals surface area (Å²) in [5.74, 6) is -0.475. The van der Waals surface area contributed by atoms with Gasteiger partial charge >= 0.3 is 5.97 Å². The highest BCUT2D eigenvalue weighted by molar-refractivity contribution is 5.83. The van der Waals surface area contributed by atoms with Crippen molar-refractivity contribution in [2.24, 2.45) is 0 Å². The van der Waals surface area contributed by atoms with E-state index in [0.717, 1.165) is 16.7 Å². The van der Waals surface area contributed by atoms with Crippen LogP contribution in [0.2, 0.25) is 0 Å². The molecular formula is C19H15N3O4. The predicted molar refractivity (Wildman–Crippen MR) is 94.4 cm³/mol. The van der Waals surface area contributed by atoms with Gasteiger partial charge in [-0.1, -0.05) is 0 Å². The van der Waals surface area contributed by atoms with E-state index in [9.17, 15) is 10.1 Å². The number of carbonyl (C=O) groups is 1. The van der Waals surface area contributed by atoms with E-state index in [1.54, 1.807) is 36.6 Å². The molecule has 0 amide bonds. The van der Waals surface area contributed by atoms with E-state index in [4.69, 9.17) is 20.0 Å². The van der Waals surface area contributed by atoms with Crippen molar-refractivity contribution in [2.75, 3.05) is 12.3 Å². The van der Waals surface area contributed by atoms with Crippen molar-refractivity contribution in [1.82, 2.24) is 4.98 Å². The molecule has 0 bridgehead atoms. The molecule has 0 fully saturated rings. The second-order valence-corrected chi connectivity index (χ2v) is 5.55. The van der Waals surface area contributed by atoms with E-state index < -0.39 is 12.6 Å². The monoisotopic (exact) mass is 349 g/mol. The Kier molecular flexibility index (Phi) is 4.58. The van der Waals surface area contributed by atoms with Gasteiger partial charge in [-0.05, 0) is 42.8 Å². The van der Waals surface area contributed by atoms with E-state index in [2.05, 4.69) is 11.1 Å². The van der Waals surface area contributed by atoms with Gasteiger partial charge in [-0.2, -0.15) is 5.26 Å². The second-order valence-electron chi connectivity index (χ2n) is 5.55. The van der Waals surface area contributed by atoms with Gasteiger partial charge in [-0.25, -0.2) is 9.78 Å². The zero-order chi connectivity index (χ0) is 18.7. The summed E-state index contributed by atoms with van der Waals surface area (Å²) in [4.78, 5) is 14.9. The molecule has 2 heterocycles. The van der Waals surface area contributed by atoms with Gasteiger partial charge in [0.05, 0.1) is 18.2 Å². The molecule has 2 aromatic heterocycles. The summed E-state index contributed by atoms with van der Waals surface area (Å²) in [7, 11) is 0. The summed E-state index contributed by atoms with van der Waals surface area (Å²) in [6, 6.07) is 10.7. The van der Waals surface area contributed by atoms with E-state index in [0.29, 0.717) is 22.6 Å².